The van der Waals surface area contributed by atoms with E-state index in [0.717, 1.165) is 12.8 Å². The SMILES string of the molecule is CC1CCC(C(C)C)C(NC(=O)Nc2ccccc2C(=O)N2CCOCC2)C1. The zero-order valence-corrected chi connectivity index (χ0v) is 17.2. The van der Waals surface area contributed by atoms with E-state index in [9.17, 15) is 9.59 Å². The van der Waals surface area contributed by atoms with Crippen LogP contribution < -0.4 is 10.6 Å². The maximum atomic E-state index is 12.9. The highest BCUT2D eigenvalue weighted by atomic mass is 16.5. The summed E-state index contributed by atoms with van der Waals surface area (Å²) in [5.74, 6) is 1.58. The summed E-state index contributed by atoms with van der Waals surface area (Å²) in [4.78, 5) is 27.4. The number of amides is 3. The molecule has 0 bridgehead atoms. The van der Waals surface area contributed by atoms with Crippen LogP contribution in [0.15, 0.2) is 24.3 Å². The molecular weight excluding hydrogens is 354 g/mol. The van der Waals surface area contributed by atoms with Crippen molar-refractivity contribution >= 4 is 17.6 Å². The van der Waals surface area contributed by atoms with Crippen LogP contribution in [0.4, 0.5) is 10.5 Å². The molecule has 1 saturated carbocycles. The van der Waals surface area contributed by atoms with E-state index in [4.69, 9.17) is 4.74 Å². The van der Waals surface area contributed by atoms with E-state index >= 15 is 0 Å². The molecule has 2 fully saturated rings. The van der Waals surface area contributed by atoms with Crippen LogP contribution in [0.1, 0.15) is 50.4 Å². The Morgan fingerprint density at radius 3 is 2.57 bits per heavy atom. The Bertz CT molecular complexity index is 685. The summed E-state index contributed by atoms with van der Waals surface area (Å²) in [6, 6.07) is 7.17. The van der Waals surface area contributed by atoms with E-state index in [2.05, 4.69) is 31.4 Å². The molecule has 3 unspecified atom stereocenters. The maximum Gasteiger partial charge on any atom is 0.319 e. The van der Waals surface area contributed by atoms with E-state index in [-0.39, 0.29) is 18.0 Å². The van der Waals surface area contributed by atoms with Gasteiger partial charge in [-0.15, -0.1) is 0 Å². The highest BCUT2D eigenvalue weighted by molar-refractivity contribution is 6.03. The van der Waals surface area contributed by atoms with Crippen molar-refractivity contribution in [1.82, 2.24) is 10.2 Å². The molecular formula is C22H33N3O3. The number of nitrogens with one attached hydrogen (secondary N) is 2. The van der Waals surface area contributed by atoms with Gasteiger partial charge in [0.15, 0.2) is 0 Å². The smallest absolute Gasteiger partial charge is 0.319 e. The molecule has 28 heavy (non-hydrogen) atoms. The fraction of sp³-hybridized carbons (Fsp3) is 0.636. The maximum absolute atomic E-state index is 12.9. The van der Waals surface area contributed by atoms with Crippen LogP contribution in [0, 0.1) is 17.8 Å². The minimum Gasteiger partial charge on any atom is -0.378 e. The van der Waals surface area contributed by atoms with Crippen molar-refractivity contribution in [2.45, 2.75) is 46.1 Å². The van der Waals surface area contributed by atoms with E-state index in [1.54, 1.807) is 17.0 Å². The van der Waals surface area contributed by atoms with Crippen LogP contribution in [0.5, 0.6) is 0 Å². The highest BCUT2D eigenvalue weighted by Crippen LogP contribution is 2.33. The van der Waals surface area contributed by atoms with Crippen LogP contribution in [0.3, 0.4) is 0 Å². The molecule has 3 amide bonds. The van der Waals surface area contributed by atoms with Crippen LogP contribution in [-0.2, 0) is 4.74 Å². The molecule has 1 aliphatic carbocycles. The fourth-order valence-electron chi connectivity index (χ4n) is 4.41. The largest absolute Gasteiger partial charge is 0.378 e. The predicted octanol–water partition coefficient (Wildman–Crippen LogP) is 3.74. The number of carbonyl (C=O) groups is 2. The summed E-state index contributed by atoms with van der Waals surface area (Å²) in [6.45, 7) is 8.97. The first-order valence-corrected chi connectivity index (χ1v) is 10.5. The van der Waals surface area contributed by atoms with Crippen molar-refractivity contribution in [3.8, 4) is 0 Å². The van der Waals surface area contributed by atoms with Gasteiger partial charge in [0, 0.05) is 19.1 Å². The third-order valence-corrected chi connectivity index (χ3v) is 6.04. The number of anilines is 1. The molecule has 1 saturated heterocycles. The Labute approximate surface area is 168 Å². The molecule has 6 nitrogen and oxygen atoms in total. The van der Waals surface area contributed by atoms with Gasteiger partial charge in [0.2, 0.25) is 0 Å². The van der Waals surface area contributed by atoms with Crippen molar-refractivity contribution in [2.75, 3.05) is 31.6 Å². The zero-order valence-electron chi connectivity index (χ0n) is 17.2. The van der Waals surface area contributed by atoms with Gasteiger partial charge in [-0.3, -0.25) is 4.79 Å². The van der Waals surface area contributed by atoms with Crippen LogP contribution in [0.25, 0.3) is 0 Å². The summed E-state index contributed by atoms with van der Waals surface area (Å²) in [7, 11) is 0. The van der Waals surface area contributed by atoms with E-state index in [1.165, 1.54) is 6.42 Å². The molecule has 0 radical (unpaired) electrons. The van der Waals surface area contributed by atoms with Gasteiger partial charge in [-0.05, 0) is 42.7 Å². The molecule has 3 atom stereocenters. The van der Waals surface area contributed by atoms with Crippen molar-refractivity contribution in [3.05, 3.63) is 29.8 Å². The standard InChI is InChI=1S/C22H33N3O3/c1-15(2)17-9-8-16(3)14-20(17)24-22(27)23-19-7-5-4-6-18(19)21(26)25-10-12-28-13-11-25/h4-7,15-17,20H,8-14H2,1-3H3,(H2,23,24,27). The van der Waals surface area contributed by atoms with Gasteiger partial charge >= 0.3 is 6.03 Å². The fourth-order valence-corrected chi connectivity index (χ4v) is 4.41. The Kier molecular flexibility index (Phi) is 6.94. The summed E-state index contributed by atoms with van der Waals surface area (Å²) in [6.07, 6.45) is 3.38. The van der Waals surface area contributed by atoms with Crippen molar-refractivity contribution in [3.63, 3.8) is 0 Å². The first-order valence-electron chi connectivity index (χ1n) is 10.5. The van der Waals surface area contributed by atoms with Gasteiger partial charge in [-0.2, -0.15) is 0 Å². The number of urea groups is 1. The molecule has 1 aromatic rings. The molecule has 2 aliphatic rings. The monoisotopic (exact) mass is 387 g/mol. The normalized spacial score (nSPS) is 25.4. The summed E-state index contributed by atoms with van der Waals surface area (Å²) in [5.41, 5.74) is 1.08. The molecule has 1 aromatic carbocycles. The number of para-hydroxylation sites is 1. The van der Waals surface area contributed by atoms with Crippen LogP contribution in [0.2, 0.25) is 0 Å². The second-order valence-corrected chi connectivity index (χ2v) is 8.48. The number of benzene rings is 1. The summed E-state index contributed by atoms with van der Waals surface area (Å²) >= 11 is 0. The van der Waals surface area contributed by atoms with Gasteiger partial charge in [-0.1, -0.05) is 39.3 Å². The predicted molar refractivity (Wildman–Crippen MR) is 110 cm³/mol. The third-order valence-electron chi connectivity index (χ3n) is 6.04. The number of hydrogen-bond acceptors (Lipinski definition) is 3. The Balaban J connectivity index is 1.67. The lowest BCUT2D eigenvalue weighted by atomic mass is 9.74. The van der Waals surface area contributed by atoms with Crippen LogP contribution in [-0.4, -0.2) is 49.2 Å². The lowest BCUT2D eigenvalue weighted by Crippen LogP contribution is -2.47. The van der Waals surface area contributed by atoms with E-state index in [0.29, 0.717) is 55.3 Å². The number of nitrogens with zero attached hydrogens (tertiary/aromatic N) is 1. The van der Waals surface area contributed by atoms with Gasteiger partial charge in [0.05, 0.1) is 24.5 Å². The molecule has 1 heterocycles. The number of rotatable bonds is 4. The van der Waals surface area contributed by atoms with E-state index in [1.807, 2.05) is 12.1 Å². The average molecular weight is 388 g/mol. The quantitative estimate of drug-likeness (QED) is 0.827. The first-order chi connectivity index (χ1) is 13.5. The second kappa shape index (κ2) is 9.41. The third kappa shape index (κ3) is 5.04. The molecule has 154 valence electrons. The summed E-state index contributed by atoms with van der Waals surface area (Å²) < 4.78 is 5.33. The lowest BCUT2D eigenvalue weighted by molar-refractivity contribution is 0.0303. The Hall–Kier alpha value is -2.08. The molecule has 2 N–H and O–H groups in total. The Morgan fingerprint density at radius 1 is 1.14 bits per heavy atom. The molecule has 1 aliphatic heterocycles. The number of hydrogen-bond donors (Lipinski definition) is 2. The number of carbonyl (C=O) groups excluding carboxylic acids is 2. The van der Waals surface area contributed by atoms with E-state index < -0.39 is 0 Å². The minimum atomic E-state index is -0.230. The number of morpholine rings is 1. The molecule has 3 rings (SSSR count). The first kappa shape index (κ1) is 20.6. The second-order valence-electron chi connectivity index (χ2n) is 8.48. The average Bonchev–Trinajstić information content (AvgIpc) is 2.68. The molecule has 0 aromatic heterocycles. The Morgan fingerprint density at radius 2 is 1.86 bits per heavy atom. The van der Waals surface area contributed by atoms with Gasteiger partial charge < -0.3 is 20.3 Å². The molecule has 0 spiro atoms. The van der Waals surface area contributed by atoms with Crippen molar-refractivity contribution in [2.24, 2.45) is 17.8 Å². The lowest BCUT2D eigenvalue weighted by Gasteiger charge is -2.37. The van der Waals surface area contributed by atoms with Crippen LogP contribution >= 0.6 is 0 Å². The highest BCUT2D eigenvalue weighted by Gasteiger charge is 2.32. The zero-order chi connectivity index (χ0) is 20.1. The number of ether oxygens (including phenoxy) is 1. The van der Waals surface area contributed by atoms with Crippen molar-refractivity contribution < 1.29 is 14.3 Å². The van der Waals surface area contributed by atoms with Gasteiger partial charge in [0.25, 0.3) is 5.91 Å². The molecule has 6 heteroatoms. The van der Waals surface area contributed by atoms with Crippen molar-refractivity contribution in [1.29, 1.82) is 0 Å². The summed E-state index contributed by atoms with van der Waals surface area (Å²) in [5, 5.41) is 6.10. The minimum absolute atomic E-state index is 0.0643. The van der Waals surface area contributed by atoms with Gasteiger partial charge in [-0.25, -0.2) is 4.79 Å². The topological polar surface area (TPSA) is 70.7 Å². The van der Waals surface area contributed by atoms with Gasteiger partial charge in [0.1, 0.15) is 0 Å².